The Morgan fingerprint density at radius 1 is 1.55 bits per heavy atom. The summed E-state index contributed by atoms with van der Waals surface area (Å²) in [6.07, 6.45) is 0. The van der Waals surface area contributed by atoms with Gasteiger partial charge in [-0.2, -0.15) is 4.39 Å². The highest BCUT2D eigenvalue weighted by Crippen LogP contribution is 2.24. The summed E-state index contributed by atoms with van der Waals surface area (Å²) in [5.74, 6) is -1.52. The molecule has 7 nitrogen and oxygen atoms in total. The normalized spacial score (nSPS) is 10.3. The quantitative estimate of drug-likeness (QED) is 0.667. The Balaban J connectivity index is 2.22. The molecule has 0 unspecified atom stereocenters. The van der Waals surface area contributed by atoms with E-state index in [1.165, 1.54) is 6.07 Å². The molecule has 1 aromatic carbocycles. The molecule has 0 fully saturated rings. The highest BCUT2D eigenvalue weighted by molar-refractivity contribution is 7.17. The maximum absolute atomic E-state index is 13.4. The van der Waals surface area contributed by atoms with Gasteiger partial charge in [0.15, 0.2) is 5.13 Å². The van der Waals surface area contributed by atoms with Gasteiger partial charge in [0.05, 0.1) is 10.6 Å². The number of hydrogen-bond donors (Lipinski definition) is 2. The van der Waals surface area contributed by atoms with Crippen molar-refractivity contribution in [2.24, 2.45) is 0 Å². The van der Waals surface area contributed by atoms with Crippen LogP contribution >= 0.6 is 11.3 Å². The molecule has 0 bridgehead atoms. The van der Waals surface area contributed by atoms with E-state index in [0.29, 0.717) is 10.6 Å². The smallest absolute Gasteiger partial charge is 0.304 e. The number of aromatic nitrogens is 1. The van der Waals surface area contributed by atoms with Crippen LogP contribution in [-0.2, 0) is 0 Å². The first-order valence-electron chi connectivity index (χ1n) is 5.36. The molecular formula is C11H9FN4O3S. The third kappa shape index (κ3) is 2.72. The number of aryl methyl sites for hydroxylation is 1. The molecule has 9 heteroatoms. The van der Waals surface area contributed by atoms with Crippen molar-refractivity contribution in [3.63, 3.8) is 0 Å². The van der Waals surface area contributed by atoms with Gasteiger partial charge in [-0.3, -0.25) is 14.9 Å². The molecule has 3 N–H and O–H groups in total. The summed E-state index contributed by atoms with van der Waals surface area (Å²) in [5.41, 5.74) is 5.41. The highest BCUT2D eigenvalue weighted by atomic mass is 32.1. The van der Waals surface area contributed by atoms with Gasteiger partial charge in [0.1, 0.15) is 4.88 Å². The van der Waals surface area contributed by atoms with Gasteiger partial charge in [-0.05, 0) is 13.0 Å². The van der Waals surface area contributed by atoms with E-state index in [4.69, 9.17) is 5.73 Å². The summed E-state index contributed by atoms with van der Waals surface area (Å²) >= 11 is 1.01. The van der Waals surface area contributed by atoms with Gasteiger partial charge in [-0.25, -0.2) is 4.98 Å². The predicted molar refractivity (Wildman–Crippen MR) is 72.3 cm³/mol. The average Bonchev–Trinajstić information content (AvgIpc) is 2.68. The van der Waals surface area contributed by atoms with Crippen LogP contribution in [-0.4, -0.2) is 15.8 Å². The zero-order valence-electron chi connectivity index (χ0n) is 10.2. The predicted octanol–water partition coefficient (Wildman–Crippen LogP) is 2.33. The molecule has 20 heavy (non-hydrogen) atoms. The lowest BCUT2D eigenvalue weighted by molar-refractivity contribution is -0.387. The van der Waals surface area contributed by atoms with Crippen LogP contribution in [0.4, 0.5) is 20.9 Å². The number of benzene rings is 1. The number of carbonyl (C=O) groups is 1. The van der Waals surface area contributed by atoms with Crippen molar-refractivity contribution in [3.05, 3.63) is 44.7 Å². The van der Waals surface area contributed by atoms with Crippen LogP contribution in [0, 0.1) is 22.9 Å². The molecule has 1 heterocycles. The first-order valence-corrected chi connectivity index (χ1v) is 6.18. The Kier molecular flexibility index (Phi) is 3.61. The SMILES string of the molecule is Cc1nc(N)sc1C(=O)Nc1ccc([N+](=O)[O-])c(F)c1. The molecule has 0 atom stereocenters. The number of halogens is 1. The number of amides is 1. The molecule has 1 aromatic heterocycles. The topological polar surface area (TPSA) is 111 Å². The Hall–Kier alpha value is -2.55. The average molecular weight is 296 g/mol. The van der Waals surface area contributed by atoms with E-state index in [1.54, 1.807) is 6.92 Å². The number of nitro groups is 1. The third-order valence-corrected chi connectivity index (χ3v) is 3.41. The van der Waals surface area contributed by atoms with Gasteiger partial charge in [-0.1, -0.05) is 11.3 Å². The lowest BCUT2D eigenvalue weighted by Crippen LogP contribution is -2.11. The minimum atomic E-state index is -1.02. The molecule has 0 aliphatic carbocycles. The number of anilines is 2. The first kappa shape index (κ1) is 13.9. The molecule has 104 valence electrons. The number of hydrogen-bond acceptors (Lipinski definition) is 6. The Bertz CT molecular complexity index is 701. The molecule has 0 spiro atoms. The summed E-state index contributed by atoms with van der Waals surface area (Å²) in [4.78, 5) is 25.8. The summed E-state index contributed by atoms with van der Waals surface area (Å²) < 4.78 is 13.4. The van der Waals surface area contributed by atoms with Crippen LogP contribution < -0.4 is 11.1 Å². The second kappa shape index (κ2) is 5.21. The molecule has 0 aliphatic heterocycles. The molecular weight excluding hydrogens is 287 g/mol. The first-order chi connectivity index (χ1) is 9.38. The molecule has 2 aromatic rings. The van der Waals surface area contributed by atoms with Gasteiger partial charge in [-0.15, -0.1) is 0 Å². The van der Waals surface area contributed by atoms with Crippen LogP contribution in [0.3, 0.4) is 0 Å². The largest absolute Gasteiger partial charge is 0.375 e. The van der Waals surface area contributed by atoms with Crippen molar-refractivity contribution in [2.75, 3.05) is 11.1 Å². The zero-order chi connectivity index (χ0) is 14.9. The molecule has 0 saturated heterocycles. The van der Waals surface area contributed by atoms with Crippen LogP contribution in [0.5, 0.6) is 0 Å². The van der Waals surface area contributed by atoms with Crippen molar-refractivity contribution in [1.82, 2.24) is 4.98 Å². The van der Waals surface area contributed by atoms with E-state index in [2.05, 4.69) is 10.3 Å². The molecule has 0 saturated carbocycles. The Labute approximate surface area is 116 Å². The number of nitrogens with two attached hydrogens (primary N) is 1. The number of nitrogens with zero attached hydrogens (tertiary/aromatic N) is 2. The molecule has 1 amide bonds. The second-order valence-electron chi connectivity index (χ2n) is 3.84. The standard InChI is InChI=1S/C11H9FN4O3S/c1-5-9(20-11(13)14-5)10(17)15-6-2-3-8(16(18)19)7(12)4-6/h2-4H,1H3,(H2,13,14)(H,15,17). The van der Waals surface area contributed by atoms with Gasteiger partial charge < -0.3 is 11.1 Å². The lowest BCUT2D eigenvalue weighted by atomic mass is 10.2. The van der Waals surface area contributed by atoms with Gasteiger partial charge in [0.25, 0.3) is 5.91 Å². The number of carbonyl (C=O) groups excluding carboxylic acids is 1. The second-order valence-corrected chi connectivity index (χ2v) is 4.87. The summed E-state index contributed by atoms with van der Waals surface area (Å²) in [7, 11) is 0. The fraction of sp³-hybridized carbons (Fsp3) is 0.0909. The van der Waals surface area contributed by atoms with Crippen molar-refractivity contribution in [3.8, 4) is 0 Å². The Morgan fingerprint density at radius 3 is 2.75 bits per heavy atom. The Morgan fingerprint density at radius 2 is 2.25 bits per heavy atom. The minimum absolute atomic E-state index is 0.115. The van der Waals surface area contributed by atoms with Crippen LogP contribution in [0.15, 0.2) is 18.2 Å². The van der Waals surface area contributed by atoms with Crippen LogP contribution in [0.1, 0.15) is 15.4 Å². The summed E-state index contributed by atoms with van der Waals surface area (Å²) in [6.45, 7) is 1.62. The fourth-order valence-corrected chi connectivity index (χ4v) is 2.28. The van der Waals surface area contributed by atoms with E-state index < -0.39 is 22.3 Å². The summed E-state index contributed by atoms with van der Waals surface area (Å²) in [5, 5.41) is 13.2. The van der Waals surface area contributed by atoms with Gasteiger partial charge in [0.2, 0.25) is 5.82 Å². The highest BCUT2D eigenvalue weighted by Gasteiger charge is 2.17. The molecule has 0 aliphatic rings. The van der Waals surface area contributed by atoms with Gasteiger partial charge in [0, 0.05) is 17.8 Å². The van der Waals surface area contributed by atoms with Gasteiger partial charge >= 0.3 is 5.69 Å². The van der Waals surface area contributed by atoms with E-state index in [0.717, 1.165) is 23.5 Å². The number of nitro benzene ring substituents is 1. The maximum atomic E-state index is 13.4. The van der Waals surface area contributed by atoms with Crippen molar-refractivity contribution >= 4 is 33.8 Å². The van der Waals surface area contributed by atoms with Crippen LogP contribution in [0.2, 0.25) is 0 Å². The summed E-state index contributed by atoms with van der Waals surface area (Å²) in [6, 6.07) is 3.12. The van der Waals surface area contributed by atoms with E-state index in [1.807, 2.05) is 0 Å². The van der Waals surface area contributed by atoms with Crippen molar-refractivity contribution < 1.29 is 14.1 Å². The fourth-order valence-electron chi connectivity index (χ4n) is 1.55. The monoisotopic (exact) mass is 296 g/mol. The molecule has 2 rings (SSSR count). The van der Waals surface area contributed by atoms with Crippen LogP contribution in [0.25, 0.3) is 0 Å². The number of rotatable bonds is 3. The number of nitrogens with one attached hydrogen (secondary N) is 1. The zero-order valence-corrected chi connectivity index (χ0v) is 11.0. The number of thiazole rings is 1. The van der Waals surface area contributed by atoms with Crippen molar-refractivity contribution in [1.29, 1.82) is 0 Å². The maximum Gasteiger partial charge on any atom is 0.304 e. The van der Waals surface area contributed by atoms with Crippen molar-refractivity contribution in [2.45, 2.75) is 6.92 Å². The lowest BCUT2D eigenvalue weighted by Gasteiger charge is -2.04. The van der Waals surface area contributed by atoms with E-state index >= 15 is 0 Å². The van der Waals surface area contributed by atoms with E-state index in [9.17, 15) is 19.3 Å². The van der Waals surface area contributed by atoms with E-state index in [-0.39, 0.29) is 10.8 Å². The molecule has 0 radical (unpaired) electrons. The third-order valence-electron chi connectivity index (χ3n) is 2.42. The minimum Gasteiger partial charge on any atom is -0.375 e. The number of nitrogen functional groups attached to an aromatic ring is 1.